The molecule has 0 aromatic carbocycles. The van der Waals surface area contributed by atoms with Crippen LogP contribution in [0.3, 0.4) is 0 Å². The Labute approximate surface area is 108 Å². The van der Waals surface area contributed by atoms with Gasteiger partial charge in [-0.15, -0.1) is 11.3 Å². The molecule has 2 aromatic rings. The molecule has 0 radical (unpaired) electrons. The van der Waals surface area contributed by atoms with Crippen LogP contribution in [0, 0.1) is 20.8 Å². The summed E-state index contributed by atoms with van der Waals surface area (Å²) < 4.78 is 27.8. The highest BCUT2D eigenvalue weighted by Crippen LogP contribution is 2.36. The van der Waals surface area contributed by atoms with Gasteiger partial charge in [0.1, 0.15) is 0 Å². The molecule has 17 heavy (non-hydrogen) atoms. The minimum absolute atomic E-state index is 0.132. The monoisotopic (exact) mass is 291 g/mol. The zero-order valence-electron chi connectivity index (χ0n) is 9.44. The minimum Gasteiger partial charge on any atom is -0.355 e. The van der Waals surface area contributed by atoms with Gasteiger partial charge in [-0.25, -0.2) is 8.42 Å². The molecule has 0 unspecified atom stereocenters. The number of aryl methyl sites for hydroxylation is 2. The Bertz CT molecular complexity index is 670. The van der Waals surface area contributed by atoms with Crippen molar-refractivity contribution in [3.8, 4) is 10.6 Å². The van der Waals surface area contributed by atoms with Gasteiger partial charge in [0.05, 0.1) is 15.5 Å². The predicted molar refractivity (Wildman–Crippen MR) is 67.1 cm³/mol. The normalized spacial score (nSPS) is 12.0. The number of nitrogens with zero attached hydrogens (tertiary/aromatic N) is 1. The first-order valence-corrected chi connectivity index (χ1v) is 7.91. The fourth-order valence-electron chi connectivity index (χ4n) is 1.46. The van der Waals surface area contributed by atoms with Gasteiger partial charge in [0.2, 0.25) is 0 Å². The van der Waals surface area contributed by atoms with Crippen molar-refractivity contribution in [3.05, 3.63) is 22.2 Å². The van der Waals surface area contributed by atoms with E-state index < -0.39 is 9.05 Å². The summed E-state index contributed by atoms with van der Waals surface area (Å²) in [6, 6.07) is 1.52. The van der Waals surface area contributed by atoms with Crippen LogP contribution in [-0.4, -0.2) is 13.6 Å². The second-order valence-electron chi connectivity index (χ2n) is 3.69. The molecular formula is C10H10ClNO3S2. The summed E-state index contributed by atoms with van der Waals surface area (Å²) in [5.74, 6) is 0.599. The van der Waals surface area contributed by atoms with Gasteiger partial charge in [-0.2, -0.15) is 0 Å². The Balaban J connectivity index is 2.60. The molecular weight excluding hydrogens is 282 g/mol. The summed E-state index contributed by atoms with van der Waals surface area (Å²) in [5, 5.41) is 3.84. The van der Waals surface area contributed by atoms with Crippen molar-refractivity contribution >= 4 is 31.1 Å². The fourth-order valence-corrected chi connectivity index (χ4v) is 4.16. The lowest BCUT2D eigenvalue weighted by Gasteiger charge is -1.90. The quantitative estimate of drug-likeness (QED) is 0.797. The zero-order valence-corrected chi connectivity index (χ0v) is 11.8. The van der Waals surface area contributed by atoms with E-state index in [1.165, 1.54) is 17.4 Å². The molecule has 92 valence electrons. The molecule has 2 aromatic heterocycles. The summed E-state index contributed by atoms with van der Waals surface area (Å²) in [6.45, 7) is 5.43. The van der Waals surface area contributed by atoms with Crippen LogP contribution in [0.4, 0.5) is 0 Å². The Hall–Kier alpha value is -0.850. The van der Waals surface area contributed by atoms with Crippen molar-refractivity contribution in [3.63, 3.8) is 0 Å². The first-order chi connectivity index (χ1) is 7.80. The fraction of sp³-hybridized carbons (Fsp3) is 0.300. The first-order valence-electron chi connectivity index (χ1n) is 4.79. The molecule has 0 aliphatic heterocycles. The van der Waals surface area contributed by atoms with Crippen molar-refractivity contribution in [1.82, 2.24) is 5.16 Å². The van der Waals surface area contributed by atoms with Crippen LogP contribution in [0.25, 0.3) is 10.6 Å². The summed E-state index contributed by atoms with van der Waals surface area (Å²) in [7, 11) is 1.64. The second-order valence-corrected chi connectivity index (χ2v) is 7.48. The van der Waals surface area contributed by atoms with Gasteiger partial charge in [0.25, 0.3) is 9.05 Å². The Morgan fingerprint density at radius 3 is 2.41 bits per heavy atom. The van der Waals surface area contributed by atoms with Crippen molar-refractivity contribution in [2.75, 3.05) is 0 Å². The number of thiophene rings is 1. The van der Waals surface area contributed by atoms with E-state index in [1.54, 1.807) is 6.92 Å². The lowest BCUT2D eigenvalue weighted by atomic mass is 10.2. The lowest BCUT2D eigenvalue weighted by Crippen LogP contribution is -1.88. The molecule has 4 nitrogen and oxygen atoms in total. The molecule has 0 bridgehead atoms. The molecule has 0 saturated carbocycles. The number of hydrogen-bond acceptors (Lipinski definition) is 5. The van der Waals surface area contributed by atoms with Crippen LogP contribution in [0.1, 0.15) is 16.1 Å². The van der Waals surface area contributed by atoms with Gasteiger partial charge < -0.3 is 4.52 Å². The van der Waals surface area contributed by atoms with Crippen LogP contribution < -0.4 is 0 Å². The summed E-state index contributed by atoms with van der Waals surface area (Å²) in [4.78, 5) is 1.50. The third-order valence-corrected chi connectivity index (χ3v) is 5.14. The largest absolute Gasteiger partial charge is 0.355 e. The lowest BCUT2D eigenvalue weighted by molar-refractivity contribution is 0.427. The van der Waals surface area contributed by atoms with Crippen molar-refractivity contribution < 1.29 is 12.9 Å². The second kappa shape index (κ2) is 4.12. The molecule has 0 spiro atoms. The average molecular weight is 292 g/mol. The molecule has 0 N–H and O–H groups in total. The van der Waals surface area contributed by atoms with Gasteiger partial charge in [-0.1, -0.05) is 5.16 Å². The standard InChI is InChI=1S/C10H10ClNO3S2/c1-5-6(2)12-15-10(5)8-4-9(7(3)16-8)17(11,13)14/h4H,1-3H3. The highest BCUT2D eigenvalue weighted by atomic mass is 35.7. The summed E-state index contributed by atoms with van der Waals surface area (Å²) >= 11 is 1.32. The molecule has 0 fully saturated rings. The first kappa shape index (κ1) is 12.6. The van der Waals surface area contributed by atoms with Gasteiger partial charge in [0.15, 0.2) is 5.76 Å². The number of rotatable bonds is 2. The van der Waals surface area contributed by atoms with Crippen LogP contribution in [0.2, 0.25) is 0 Å². The molecule has 0 aliphatic rings. The van der Waals surface area contributed by atoms with E-state index in [0.29, 0.717) is 10.6 Å². The average Bonchev–Trinajstić information content (AvgIpc) is 2.72. The molecule has 0 amide bonds. The van der Waals surface area contributed by atoms with E-state index in [2.05, 4.69) is 5.16 Å². The van der Waals surface area contributed by atoms with Gasteiger partial charge in [-0.3, -0.25) is 0 Å². The van der Waals surface area contributed by atoms with Crippen molar-refractivity contribution in [2.24, 2.45) is 0 Å². The number of halogens is 1. The predicted octanol–water partition coefficient (Wildman–Crippen LogP) is 3.26. The highest BCUT2D eigenvalue weighted by molar-refractivity contribution is 8.13. The molecule has 0 saturated heterocycles. The van der Waals surface area contributed by atoms with E-state index in [-0.39, 0.29) is 4.90 Å². The maximum atomic E-state index is 11.3. The Morgan fingerprint density at radius 1 is 1.35 bits per heavy atom. The highest BCUT2D eigenvalue weighted by Gasteiger charge is 2.21. The van der Waals surface area contributed by atoms with Crippen LogP contribution in [-0.2, 0) is 9.05 Å². The Kier molecular flexibility index (Phi) is 3.05. The maximum Gasteiger partial charge on any atom is 0.262 e. The van der Waals surface area contributed by atoms with E-state index in [1.807, 2.05) is 13.8 Å². The molecule has 0 atom stereocenters. The van der Waals surface area contributed by atoms with E-state index >= 15 is 0 Å². The van der Waals surface area contributed by atoms with E-state index in [4.69, 9.17) is 15.2 Å². The van der Waals surface area contributed by atoms with Gasteiger partial charge >= 0.3 is 0 Å². The number of aromatic nitrogens is 1. The third kappa shape index (κ3) is 2.25. The van der Waals surface area contributed by atoms with Crippen molar-refractivity contribution in [1.29, 1.82) is 0 Å². The number of hydrogen-bond donors (Lipinski definition) is 0. The van der Waals surface area contributed by atoms with Gasteiger partial charge in [-0.05, 0) is 26.8 Å². The third-order valence-electron chi connectivity index (χ3n) is 2.52. The van der Waals surface area contributed by atoms with E-state index in [0.717, 1.165) is 16.1 Å². The van der Waals surface area contributed by atoms with Gasteiger partial charge in [0, 0.05) is 21.1 Å². The SMILES string of the molecule is Cc1noc(-c2cc(S(=O)(=O)Cl)c(C)s2)c1C. The topological polar surface area (TPSA) is 60.2 Å². The van der Waals surface area contributed by atoms with Crippen LogP contribution in [0.5, 0.6) is 0 Å². The van der Waals surface area contributed by atoms with Crippen molar-refractivity contribution in [2.45, 2.75) is 25.7 Å². The van der Waals surface area contributed by atoms with Crippen LogP contribution in [0.15, 0.2) is 15.5 Å². The summed E-state index contributed by atoms with van der Waals surface area (Å²) in [6.07, 6.45) is 0. The molecule has 2 heterocycles. The molecule has 2 rings (SSSR count). The van der Waals surface area contributed by atoms with E-state index in [9.17, 15) is 8.42 Å². The smallest absolute Gasteiger partial charge is 0.262 e. The molecule has 7 heteroatoms. The maximum absolute atomic E-state index is 11.3. The zero-order chi connectivity index (χ0) is 12.8. The van der Waals surface area contributed by atoms with Crippen LogP contribution >= 0.6 is 22.0 Å². The Morgan fingerprint density at radius 2 is 2.00 bits per heavy atom. The summed E-state index contributed by atoms with van der Waals surface area (Å²) in [5.41, 5.74) is 1.70. The molecule has 0 aliphatic carbocycles. The minimum atomic E-state index is -3.71.